The normalized spacial score (nSPS) is 30.1. The summed E-state index contributed by atoms with van der Waals surface area (Å²) in [7, 11) is 0. The molecule has 0 radical (unpaired) electrons. The topological polar surface area (TPSA) is 69.2 Å². The Hall–Kier alpha value is -1.36. The third kappa shape index (κ3) is 2.35. The Morgan fingerprint density at radius 2 is 2.20 bits per heavy atom. The van der Waals surface area contributed by atoms with E-state index in [9.17, 15) is 9.90 Å². The van der Waals surface area contributed by atoms with Crippen molar-refractivity contribution in [2.45, 2.75) is 45.6 Å². The number of nitrogens with one attached hydrogen (secondary N) is 1. The molecule has 2 N–H and O–H groups in total. The maximum atomic E-state index is 12.7. The number of aromatic amines is 1. The zero-order chi connectivity index (χ0) is 14.3. The van der Waals surface area contributed by atoms with Gasteiger partial charge in [0.05, 0.1) is 6.10 Å². The van der Waals surface area contributed by atoms with Crippen molar-refractivity contribution >= 4 is 5.91 Å². The first-order valence-corrected chi connectivity index (χ1v) is 7.59. The monoisotopic (exact) mass is 277 g/mol. The summed E-state index contributed by atoms with van der Waals surface area (Å²) in [5.41, 5.74) is 2.86. The zero-order valence-electron chi connectivity index (χ0n) is 12.2. The second-order valence-corrected chi connectivity index (χ2v) is 6.46. The Labute approximate surface area is 119 Å². The molecule has 0 unspecified atom stereocenters. The Kier molecular flexibility index (Phi) is 3.54. The van der Waals surface area contributed by atoms with E-state index in [1.165, 1.54) is 0 Å². The number of aromatic nitrogens is 2. The van der Waals surface area contributed by atoms with Gasteiger partial charge in [0.15, 0.2) is 5.69 Å². The zero-order valence-corrected chi connectivity index (χ0v) is 12.2. The smallest absolute Gasteiger partial charge is 0.274 e. The quantitative estimate of drug-likeness (QED) is 0.814. The summed E-state index contributed by atoms with van der Waals surface area (Å²) in [6.45, 7) is 5.47. The number of carbonyl (C=O) groups excluding carboxylic acids is 1. The van der Waals surface area contributed by atoms with E-state index in [-0.39, 0.29) is 17.9 Å². The molecular weight excluding hydrogens is 254 g/mol. The second kappa shape index (κ2) is 5.20. The third-order valence-corrected chi connectivity index (χ3v) is 4.74. The number of likely N-dealkylation sites (tertiary alicyclic amines) is 1. The van der Waals surface area contributed by atoms with Crippen LogP contribution in [0.2, 0.25) is 0 Å². The number of nitrogens with zero attached hydrogens (tertiary/aromatic N) is 2. The summed E-state index contributed by atoms with van der Waals surface area (Å²) in [6.07, 6.45) is 3.48. The number of aliphatic hydroxyl groups excluding tert-OH is 1. The van der Waals surface area contributed by atoms with Gasteiger partial charge in [-0.3, -0.25) is 9.89 Å². The summed E-state index contributed by atoms with van der Waals surface area (Å²) < 4.78 is 0. The van der Waals surface area contributed by atoms with Crippen LogP contribution in [0.1, 0.15) is 48.4 Å². The van der Waals surface area contributed by atoms with Crippen LogP contribution in [0.4, 0.5) is 0 Å². The average molecular weight is 277 g/mol. The minimum atomic E-state index is -0.285. The van der Waals surface area contributed by atoms with E-state index < -0.39 is 0 Å². The average Bonchev–Trinajstić information content (AvgIpc) is 2.84. The van der Waals surface area contributed by atoms with Crippen molar-refractivity contribution in [1.29, 1.82) is 0 Å². The largest absolute Gasteiger partial charge is 0.393 e. The number of carbonyl (C=O) groups is 1. The van der Waals surface area contributed by atoms with Crippen LogP contribution < -0.4 is 0 Å². The van der Waals surface area contributed by atoms with Gasteiger partial charge in [-0.2, -0.15) is 5.10 Å². The van der Waals surface area contributed by atoms with Crippen LogP contribution in [0.15, 0.2) is 0 Å². The van der Waals surface area contributed by atoms with Crippen molar-refractivity contribution in [1.82, 2.24) is 15.1 Å². The predicted molar refractivity (Wildman–Crippen MR) is 75.5 cm³/mol. The maximum Gasteiger partial charge on any atom is 0.274 e. The van der Waals surface area contributed by atoms with E-state index in [4.69, 9.17) is 0 Å². The summed E-state index contributed by atoms with van der Waals surface area (Å²) in [6, 6.07) is 0. The molecule has 1 saturated heterocycles. The molecule has 2 aliphatic rings. The molecule has 0 aromatic carbocycles. The van der Waals surface area contributed by atoms with E-state index in [1.54, 1.807) is 0 Å². The van der Waals surface area contributed by atoms with Crippen LogP contribution in [-0.4, -0.2) is 45.3 Å². The van der Waals surface area contributed by atoms with Gasteiger partial charge in [-0.05, 0) is 37.5 Å². The molecule has 5 heteroatoms. The summed E-state index contributed by atoms with van der Waals surface area (Å²) in [4.78, 5) is 14.5. The number of rotatable bonds is 1. The fourth-order valence-corrected chi connectivity index (χ4v) is 3.31. The molecule has 1 aromatic rings. The van der Waals surface area contributed by atoms with Gasteiger partial charge in [-0.25, -0.2) is 0 Å². The van der Waals surface area contributed by atoms with E-state index in [2.05, 4.69) is 17.1 Å². The number of fused-ring (bicyclic) bond motifs is 1. The molecule has 2 heterocycles. The molecule has 1 aliphatic heterocycles. The van der Waals surface area contributed by atoms with Gasteiger partial charge in [0.25, 0.3) is 5.91 Å². The lowest BCUT2D eigenvalue weighted by molar-refractivity contribution is 0.0293. The number of H-pyrrole nitrogens is 1. The van der Waals surface area contributed by atoms with E-state index in [0.717, 1.165) is 30.5 Å². The Bertz CT molecular complexity index is 511. The van der Waals surface area contributed by atoms with Crippen LogP contribution in [0, 0.1) is 11.8 Å². The minimum Gasteiger partial charge on any atom is -0.393 e. The number of aryl methyl sites for hydroxylation is 1. The maximum absolute atomic E-state index is 12.7. The molecule has 1 fully saturated rings. The first kappa shape index (κ1) is 13.6. The van der Waals surface area contributed by atoms with Crippen LogP contribution in [0.25, 0.3) is 0 Å². The molecule has 0 bridgehead atoms. The van der Waals surface area contributed by atoms with Gasteiger partial charge in [0.2, 0.25) is 0 Å². The molecule has 110 valence electrons. The van der Waals surface area contributed by atoms with Crippen molar-refractivity contribution in [2.75, 3.05) is 13.1 Å². The molecule has 1 aliphatic carbocycles. The highest BCUT2D eigenvalue weighted by Gasteiger charge is 2.32. The SMILES string of the molecule is C[C@@H]1CCc2[nH]nc(C(=O)N3CC[C@@H](O)[C@H](C)C3)c2C1. The standard InChI is InChI=1S/C15H23N3O2/c1-9-3-4-12-11(7-9)14(17-16-12)15(20)18-6-5-13(19)10(2)8-18/h9-10,13,19H,3-8H2,1-2H3,(H,16,17)/t9-,10-,13-/m1/s1. The van der Waals surface area contributed by atoms with Gasteiger partial charge < -0.3 is 10.0 Å². The summed E-state index contributed by atoms with van der Waals surface area (Å²) >= 11 is 0. The van der Waals surface area contributed by atoms with Gasteiger partial charge in [-0.15, -0.1) is 0 Å². The fraction of sp³-hybridized carbons (Fsp3) is 0.733. The predicted octanol–water partition coefficient (Wildman–Crippen LogP) is 1.38. The van der Waals surface area contributed by atoms with Crippen molar-refractivity contribution in [2.24, 2.45) is 11.8 Å². The van der Waals surface area contributed by atoms with E-state index in [0.29, 0.717) is 31.1 Å². The first-order valence-electron chi connectivity index (χ1n) is 7.59. The lowest BCUT2D eigenvalue weighted by Crippen LogP contribution is -2.45. The number of hydrogen-bond acceptors (Lipinski definition) is 3. The van der Waals surface area contributed by atoms with Crippen LogP contribution >= 0.6 is 0 Å². The Morgan fingerprint density at radius 3 is 2.95 bits per heavy atom. The van der Waals surface area contributed by atoms with Gasteiger partial charge in [0.1, 0.15) is 0 Å². The van der Waals surface area contributed by atoms with Crippen molar-refractivity contribution < 1.29 is 9.90 Å². The van der Waals surface area contributed by atoms with Gasteiger partial charge in [0, 0.05) is 24.3 Å². The van der Waals surface area contributed by atoms with Gasteiger partial charge >= 0.3 is 0 Å². The number of amides is 1. The molecule has 5 nitrogen and oxygen atoms in total. The van der Waals surface area contributed by atoms with Crippen LogP contribution in [0.3, 0.4) is 0 Å². The molecule has 3 rings (SSSR count). The highest BCUT2D eigenvalue weighted by Crippen LogP contribution is 2.27. The molecule has 0 spiro atoms. The highest BCUT2D eigenvalue weighted by molar-refractivity contribution is 5.94. The Balaban J connectivity index is 1.80. The van der Waals surface area contributed by atoms with Crippen molar-refractivity contribution in [3.63, 3.8) is 0 Å². The second-order valence-electron chi connectivity index (χ2n) is 6.46. The molecular formula is C15H23N3O2. The lowest BCUT2D eigenvalue weighted by Gasteiger charge is -2.34. The van der Waals surface area contributed by atoms with Crippen molar-refractivity contribution in [3.05, 3.63) is 17.0 Å². The number of aliphatic hydroxyl groups is 1. The van der Waals surface area contributed by atoms with E-state index in [1.807, 2.05) is 11.8 Å². The summed E-state index contributed by atoms with van der Waals surface area (Å²) in [5.74, 6) is 0.783. The highest BCUT2D eigenvalue weighted by atomic mass is 16.3. The minimum absolute atomic E-state index is 0.0235. The molecule has 0 saturated carbocycles. The number of hydrogen-bond donors (Lipinski definition) is 2. The van der Waals surface area contributed by atoms with E-state index >= 15 is 0 Å². The molecule has 1 amide bonds. The first-order chi connectivity index (χ1) is 9.56. The molecule has 1 aromatic heterocycles. The van der Waals surface area contributed by atoms with Gasteiger partial charge in [-0.1, -0.05) is 13.8 Å². The van der Waals surface area contributed by atoms with Crippen molar-refractivity contribution in [3.8, 4) is 0 Å². The molecule has 3 atom stereocenters. The fourth-order valence-electron chi connectivity index (χ4n) is 3.31. The Morgan fingerprint density at radius 1 is 1.40 bits per heavy atom. The third-order valence-electron chi connectivity index (χ3n) is 4.74. The number of piperidine rings is 1. The molecule has 20 heavy (non-hydrogen) atoms. The van der Waals surface area contributed by atoms with Crippen LogP contribution in [-0.2, 0) is 12.8 Å². The summed E-state index contributed by atoms with van der Waals surface area (Å²) in [5, 5.41) is 17.1. The van der Waals surface area contributed by atoms with Crippen LogP contribution in [0.5, 0.6) is 0 Å². The lowest BCUT2D eigenvalue weighted by atomic mass is 9.87.